The Bertz CT molecular complexity index is 752. The molecule has 6 heteroatoms. The molecule has 1 saturated heterocycles. The predicted molar refractivity (Wildman–Crippen MR) is 137 cm³/mol. The number of anilines is 1. The first-order valence-corrected chi connectivity index (χ1v) is 10.6. The SMILES string of the molecule is CN=C(NCCCCOCc1ccccc1)NC1CCN(c2ccc(C)cc2)C1.I. The summed E-state index contributed by atoms with van der Waals surface area (Å²) >= 11 is 0. The smallest absolute Gasteiger partial charge is 0.191 e. The molecule has 1 unspecified atom stereocenters. The third kappa shape index (κ3) is 8.14. The summed E-state index contributed by atoms with van der Waals surface area (Å²) < 4.78 is 5.74. The van der Waals surface area contributed by atoms with Crippen molar-refractivity contribution in [1.29, 1.82) is 0 Å². The van der Waals surface area contributed by atoms with Crippen LogP contribution in [0.1, 0.15) is 30.4 Å². The fraction of sp³-hybridized carbons (Fsp3) is 0.458. The standard InChI is InChI=1S/C24H34N4O.HI/c1-20-10-12-23(13-11-20)28-16-14-22(18-28)27-24(25-2)26-15-6-7-17-29-19-21-8-4-3-5-9-21;/h3-5,8-13,22H,6-7,14-19H2,1-2H3,(H2,25,26,27);1H. The van der Waals surface area contributed by atoms with Crippen LogP contribution in [-0.2, 0) is 11.3 Å². The second-order valence-electron chi connectivity index (χ2n) is 7.66. The fourth-order valence-corrected chi connectivity index (χ4v) is 3.56. The summed E-state index contributed by atoms with van der Waals surface area (Å²) in [6, 6.07) is 19.5. The number of rotatable bonds is 9. The number of nitrogens with zero attached hydrogens (tertiary/aromatic N) is 2. The number of aliphatic imine (C=N–C) groups is 1. The molecule has 30 heavy (non-hydrogen) atoms. The highest BCUT2D eigenvalue weighted by molar-refractivity contribution is 14.0. The second kappa shape index (κ2) is 13.5. The molecule has 0 aliphatic carbocycles. The van der Waals surface area contributed by atoms with Gasteiger partial charge >= 0.3 is 0 Å². The van der Waals surface area contributed by atoms with E-state index < -0.39 is 0 Å². The van der Waals surface area contributed by atoms with Crippen LogP contribution in [-0.4, -0.2) is 45.3 Å². The van der Waals surface area contributed by atoms with Crippen molar-refractivity contribution in [3.8, 4) is 0 Å². The van der Waals surface area contributed by atoms with Gasteiger partial charge in [0.2, 0.25) is 0 Å². The number of unbranched alkanes of at least 4 members (excludes halogenated alkanes) is 1. The minimum Gasteiger partial charge on any atom is -0.377 e. The zero-order valence-corrected chi connectivity index (χ0v) is 20.5. The number of hydrogen-bond donors (Lipinski definition) is 2. The highest BCUT2D eigenvalue weighted by Crippen LogP contribution is 2.20. The molecular weight excluding hydrogens is 487 g/mol. The van der Waals surface area contributed by atoms with E-state index in [0.29, 0.717) is 12.6 Å². The van der Waals surface area contributed by atoms with E-state index in [0.717, 1.165) is 51.5 Å². The van der Waals surface area contributed by atoms with Crippen molar-refractivity contribution in [3.63, 3.8) is 0 Å². The van der Waals surface area contributed by atoms with Crippen LogP contribution in [0.15, 0.2) is 59.6 Å². The van der Waals surface area contributed by atoms with Crippen LogP contribution in [0.3, 0.4) is 0 Å². The van der Waals surface area contributed by atoms with Crippen LogP contribution in [0.5, 0.6) is 0 Å². The lowest BCUT2D eigenvalue weighted by molar-refractivity contribution is 0.117. The van der Waals surface area contributed by atoms with Crippen molar-refractivity contribution in [2.24, 2.45) is 4.99 Å². The first-order chi connectivity index (χ1) is 14.2. The molecule has 1 fully saturated rings. The number of halogens is 1. The maximum atomic E-state index is 5.74. The van der Waals surface area contributed by atoms with Crippen molar-refractivity contribution >= 4 is 35.6 Å². The Balaban J connectivity index is 0.00000320. The van der Waals surface area contributed by atoms with Crippen molar-refractivity contribution in [3.05, 3.63) is 65.7 Å². The van der Waals surface area contributed by atoms with Gasteiger partial charge in [-0.05, 0) is 43.9 Å². The maximum Gasteiger partial charge on any atom is 0.191 e. The number of hydrogen-bond acceptors (Lipinski definition) is 3. The molecule has 0 radical (unpaired) electrons. The maximum absolute atomic E-state index is 5.74. The van der Waals surface area contributed by atoms with Crippen LogP contribution in [0.2, 0.25) is 0 Å². The Morgan fingerprint density at radius 3 is 2.60 bits per heavy atom. The van der Waals surface area contributed by atoms with Crippen molar-refractivity contribution in [1.82, 2.24) is 10.6 Å². The zero-order chi connectivity index (χ0) is 20.3. The van der Waals surface area contributed by atoms with Gasteiger partial charge in [-0.1, -0.05) is 48.0 Å². The second-order valence-corrected chi connectivity index (χ2v) is 7.66. The minimum atomic E-state index is 0. The van der Waals surface area contributed by atoms with Crippen molar-refractivity contribution in [2.45, 2.75) is 38.8 Å². The van der Waals surface area contributed by atoms with E-state index in [1.807, 2.05) is 25.2 Å². The molecule has 164 valence electrons. The van der Waals surface area contributed by atoms with Gasteiger partial charge in [-0.2, -0.15) is 0 Å². The van der Waals surface area contributed by atoms with Crippen molar-refractivity contribution < 1.29 is 4.74 Å². The molecule has 0 bridgehead atoms. The van der Waals surface area contributed by atoms with Crippen LogP contribution in [0.25, 0.3) is 0 Å². The molecule has 1 aliphatic rings. The molecule has 2 aromatic rings. The van der Waals surface area contributed by atoms with Gasteiger partial charge in [0.1, 0.15) is 0 Å². The van der Waals surface area contributed by atoms with E-state index in [-0.39, 0.29) is 24.0 Å². The fourth-order valence-electron chi connectivity index (χ4n) is 3.56. The highest BCUT2D eigenvalue weighted by atomic mass is 127. The molecule has 2 aromatic carbocycles. The van der Waals surface area contributed by atoms with E-state index >= 15 is 0 Å². The summed E-state index contributed by atoms with van der Waals surface area (Å²) in [7, 11) is 1.84. The average molecular weight is 522 g/mol. The van der Waals surface area contributed by atoms with Crippen molar-refractivity contribution in [2.75, 3.05) is 38.2 Å². The molecule has 2 N–H and O–H groups in total. The van der Waals surface area contributed by atoms with Gasteiger partial charge in [0.25, 0.3) is 0 Å². The number of benzene rings is 2. The lowest BCUT2D eigenvalue weighted by Gasteiger charge is -2.20. The Morgan fingerprint density at radius 1 is 1.10 bits per heavy atom. The molecule has 1 aliphatic heterocycles. The van der Waals surface area contributed by atoms with Crippen LogP contribution in [0.4, 0.5) is 5.69 Å². The minimum absolute atomic E-state index is 0. The number of ether oxygens (including phenoxy) is 1. The Labute approximate surface area is 198 Å². The highest BCUT2D eigenvalue weighted by Gasteiger charge is 2.23. The zero-order valence-electron chi connectivity index (χ0n) is 18.1. The third-order valence-corrected chi connectivity index (χ3v) is 5.27. The van der Waals surface area contributed by atoms with Gasteiger partial charge in [0.05, 0.1) is 6.61 Å². The monoisotopic (exact) mass is 522 g/mol. The lowest BCUT2D eigenvalue weighted by atomic mass is 10.2. The number of guanidine groups is 1. The molecule has 0 aromatic heterocycles. The van der Waals surface area contributed by atoms with E-state index in [9.17, 15) is 0 Å². The molecule has 0 saturated carbocycles. The average Bonchev–Trinajstić information content (AvgIpc) is 3.22. The molecule has 3 rings (SSSR count). The third-order valence-electron chi connectivity index (χ3n) is 5.27. The summed E-state index contributed by atoms with van der Waals surface area (Å²) in [6.45, 7) is 6.60. The normalized spacial score (nSPS) is 16.3. The first kappa shape index (κ1) is 24.5. The van der Waals surface area contributed by atoms with Gasteiger partial charge in [-0.3, -0.25) is 4.99 Å². The molecule has 1 atom stereocenters. The number of aryl methyl sites for hydroxylation is 1. The summed E-state index contributed by atoms with van der Waals surface area (Å²) in [4.78, 5) is 6.82. The quantitative estimate of drug-likeness (QED) is 0.223. The van der Waals surface area contributed by atoms with E-state index in [2.05, 4.69) is 63.8 Å². The van der Waals surface area contributed by atoms with E-state index in [4.69, 9.17) is 4.74 Å². The summed E-state index contributed by atoms with van der Waals surface area (Å²) in [5.74, 6) is 0.894. The summed E-state index contributed by atoms with van der Waals surface area (Å²) in [6.07, 6.45) is 3.24. The largest absolute Gasteiger partial charge is 0.377 e. The van der Waals surface area contributed by atoms with Crippen LogP contribution < -0.4 is 15.5 Å². The molecule has 5 nitrogen and oxygen atoms in total. The summed E-state index contributed by atoms with van der Waals surface area (Å²) in [5, 5.41) is 7.00. The molecule has 0 spiro atoms. The van der Waals surface area contributed by atoms with Gasteiger partial charge in [0.15, 0.2) is 5.96 Å². The molecule has 1 heterocycles. The first-order valence-electron chi connectivity index (χ1n) is 10.6. The predicted octanol–water partition coefficient (Wildman–Crippen LogP) is 4.35. The Morgan fingerprint density at radius 2 is 1.87 bits per heavy atom. The van der Waals surface area contributed by atoms with E-state index in [1.54, 1.807) is 0 Å². The topological polar surface area (TPSA) is 48.9 Å². The Hall–Kier alpha value is -1.80. The van der Waals surface area contributed by atoms with Gasteiger partial charge in [-0.25, -0.2) is 0 Å². The van der Waals surface area contributed by atoms with E-state index in [1.165, 1.54) is 16.8 Å². The molecular formula is C24H35IN4O. The van der Waals surface area contributed by atoms with Crippen LogP contribution in [0, 0.1) is 6.92 Å². The van der Waals surface area contributed by atoms with Crippen LogP contribution >= 0.6 is 24.0 Å². The lowest BCUT2D eigenvalue weighted by Crippen LogP contribution is -2.44. The Kier molecular flexibility index (Phi) is 11.0. The van der Waals surface area contributed by atoms with Gasteiger partial charge in [0, 0.05) is 45.0 Å². The van der Waals surface area contributed by atoms with Gasteiger partial charge in [-0.15, -0.1) is 24.0 Å². The molecule has 0 amide bonds. The number of nitrogens with one attached hydrogen (secondary N) is 2. The summed E-state index contributed by atoms with van der Waals surface area (Å²) in [5.41, 5.74) is 3.84. The van der Waals surface area contributed by atoms with Gasteiger partial charge < -0.3 is 20.3 Å².